The molecule has 1 aliphatic heterocycles. The summed E-state index contributed by atoms with van der Waals surface area (Å²) in [5.41, 5.74) is 4.48. The lowest BCUT2D eigenvalue weighted by Gasteiger charge is -2.34. The summed E-state index contributed by atoms with van der Waals surface area (Å²) >= 11 is 0. The van der Waals surface area contributed by atoms with Gasteiger partial charge in [-0.3, -0.25) is 33.4 Å². The molecule has 1 saturated heterocycles. The van der Waals surface area contributed by atoms with E-state index in [9.17, 15) is 18.9 Å². The van der Waals surface area contributed by atoms with E-state index in [1.54, 1.807) is 29.2 Å². The number of phosphoric ester groups is 1. The summed E-state index contributed by atoms with van der Waals surface area (Å²) in [4.78, 5) is 47.9. The van der Waals surface area contributed by atoms with Crippen molar-refractivity contribution in [1.82, 2.24) is 19.4 Å². The lowest BCUT2D eigenvalue weighted by atomic mass is 10.1. The molecule has 49 heavy (non-hydrogen) atoms. The van der Waals surface area contributed by atoms with Gasteiger partial charge in [-0.05, 0) is 37.3 Å². The maximum Gasteiger partial charge on any atom is 0.476 e. The van der Waals surface area contributed by atoms with Crippen LogP contribution in [0, 0.1) is 11.8 Å². The van der Waals surface area contributed by atoms with E-state index in [0.29, 0.717) is 12.0 Å². The number of amides is 2. The molecule has 3 heterocycles. The summed E-state index contributed by atoms with van der Waals surface area (Å²) in [6.07, 6.45) is 4.12. The SMILES string of the molecule is CCCCOP(=O)(OCC(C)C)OCn1cc(C(=O)C(=O)N2CCN(C(=O)c3ccccc3)CC2)c2c([OH2+])cnc(N/N=C(/C)C(C)C)c21. The molecule has 0 saturated carbocycles. The van der Waals surface area contributed by atoms with Crippen molar-refractivity contribution in [3.05, 3.63) is 53.9 Å². The molecule has 2 amide bonds. The van der Waals surface area contributed by atoms with Gasteiger partial charge in [-0.25, -0.2) is 9.55 Å². The van der Waals surface area contributed by atoms with E-state index in [1.165, 1.54) is 21.9 Å². The van der Waals surface area contributed by atoms with Crippen LogP contribution in [0.5, 0.6) is 5.75 Å². The van der Waals surface area contributed by atoms with Gasteiger partial charge in [0.2, 0.25) is 0 Å². The van der Waals surface area contributed by atoms with Gasteiger partial charge in [-0.15, -0.1) is 0 Å². The number of phosphoric acid groups is 1. The molecule has 14 nitrogen and oxygen atoms in total. The number of benzene rings is 1. The van der Waals surface area contributed by atoms with Gasteiger partial charge in [-0.1, -0.05) is 59.2 Å². The first-order chi connectivity index (χ1) is 23.3. The summed E-state index contributed by atoms with van der Waals surface area (Å²) in [5.74, 6) is -1.44. The van der Waals surface area contributed by atoms with Crippen molar-refractivity contribution in [2.45, 2.75) is 61.1 Å². The van der Waals surface area contributed by atoms with Gasteiger partial charge in [0.15, 0.2) is 5.82 Å². The Morgan fingerprint density at radius 3 is 2.33 bits per heavy atom. The number of unbranched alkanes of at least 4 members (excludes halogenated alkanes) is 1. The zero-order valence-corrected chi connectivity index (χ0v) is 30.0. The minimum Gasteiger partial charge on any atom is -0.592 e. The number of carbonyl (C=O) groups is 3. The van der Waals surface area contributed by atoms with Crippen LogP contribution in [0.4, 0.5) is 5.82 Å². The number of hydrazone groups is 1. The summed E-state index contributed by atoms with van der Waals surface area (Å²) in [7, 11) is -4.04. The number of aromatic nitrogens is 2. The Kier molecular flexibility index (Phi) is 13.1. The largest absolute Gasteiger partial charge is 0.592 e. The molecule has 2 aromatic heterocycles. The first-order valence-electron chi connectivity index (χ1n) is 16.6. The molecular weight excluding hydrogens is 651 g/mol. The van der Waals surface area contributed by atoms with Crippen molar-refractivity contribution in [2.24, 2.45) is 16.9 Å². The highest BCUT2D eigenvalue weighted by molar-refractivity contribution is 7.48. The second kappa shape index (κ2) is 17.0. The van der Waals surface area contributed by atoms with Crippen molar-refractivity contribution >= 4 is 47.9 Å². The molecule has 1 aromatic carbocycles. The minimum absolute atomic E-state index is 0.0452. The Morgan fingerprint density at radius 2 is 1.69 bits per heavy atom. The highest BCUT2D eigenvalue weighted by Gasteiger charge is 2.34. The fourth-order valence-electron chi connectivity index (χ4n) is 4.90. The first kappa shape index (κ1) is 37.7. The molecule has 3 aromatic rings. The molecule has 1 atom stereocenters. The highest BCUT2D eigenvalue weighted by atomic mass is 31.2. The smallest absolute Gasteiger partial charge is 0.476 e. The number of pyridine rings is 1. The summed E-state index contributed by atoms with van der Waals surface area (Å²) in [6, 6.07) is 8.89. The van der Waals surface area contributed by atoms with Crippen LogP contribution in [0.15, 0.2) is 47.8 Å². The monoisotopic (exact) mass is 699 g/mol. The van der Waals surface area contributed by atoms with Gasteiger partial charge < -0.3 is 19.5 Å². The third kappa shape index (κ3) is 9.54. The van der Waals surface area contributed by atoms with Crippen LogP contribution in [-0.4, -0.2) is 87.2 Å². The molecule has 1 aliphatic rings. The van der Waals surface area contributed by atoms with Crippen LogP contribution in [0.25, 0.3) is 10.9 Å². The normalized spacial score (nSPS) is 15.2. The number of fused-ring (bicyclic) bond motifs is 1. The molecule has 1 unspecified atom stereocenters. The van der Waals surface area contributed by atoms with Crippen molar-refractivity contribution in [1.29, 1.82) is 0 Å². The Balaban J connectivity index is 1.65. The number of nitrogens with zero attached hydrogens (tertiary/aromatic N) is 5. The van der Waals surface area contributed by atoms with Crippen molar-refractivity contribution in [3.63, 3.8) is 0 Å². The molecule has 0 aliphatic carbocycles. The molecule has 3 N–H and O–H groups in total. The van der Waals surface area contributed by atoms with Crippen LogP contribution < -0.4 is 5.43 Å². The van der Waals surface area contributed by atoms with Crippen LogP contribution >= 0.6 is 7.82 Å². The molecule has 1 fully saturated rings. The zero-order valence-electron chi connectivity index (χ0n) is 29.1. The maximum atomic E-state index is 13.9. The molecule has 4 rings (SSSR count). The van der Waals surface area contributed by atoms with E-state index in [1.807, 2.05) is 47.6 Å². The molecule has 0 spiro atoms. The van der Waals surface area contributed by atoms with Gasteiger partial charge in [0, 0.05) is 43.7 Å². The van der Waals surface area contributed by atoms with Crippen LogP contribution in [-0.2, 0) is 29.7 Å². The quantitative estimate of drug-likeness (QED) is 0.0378. The fourth-order valence-corrected chi connectivity index (χ4v) is 6.23. The third-order valence-corrected chi connectivity index (χ3v) is 9.45. The Labute approximate surface area is 287 Å². The Morgan fingerprint density at radius 1 is 1.02 bits per heavy atom. The average Bonchev–Trinajstić information content (AvgIpc) is 3.50. The average molecular weight is 700 g/mol. The van der Waals surface area contributed by atoms with Crippen LogP contribution in [0.2, 0.25) is 0 Å². The van der Waals surface area contributed by atoms with Crippen molar-refractivity contribution < 1.29 is 37.6 Å². The predicted octanol–water partition coefficient (Wildman–Crippen LogP) is 5.66. The second-order valence-electron chi connectivity index (χ2n) is 12.6. The highest BCUT2D eigenvalue weighted by Crippen LogP contribution is 2.50. The van der Waals surface area contributed by atoms with Crippen LogP contribution in [0.1, 0.15) is 75.1 Å². The Hall–Kier alpha value is -4.10. The molecule has 15 heteroatoms. The van der Waals surface area contributed by atoms with Gasteiger partial charge in [-0.2, -0.15) is 5.10 Å². The predicted molar refractivity (Wildman–Crippen MR) is 188 cm³/mol. The zero-order chi connectivity index (χ0) is 35.7. The van der Waals surface area contributed by atoms with E-state index in [2.05, 4.69) is 15.5 Å². The van der Waals surface area contributed by atoms with E-state index >= 15 is 0 Å². The number of hydrogen-bond acceptors (Lipinski definition) is 10. The van der Waals surface area contributed by atoms with Gasteiger partial charge in [0.1, 0.15) is 23.8 Å². The minimum atomic E-state index is -4.04. The van der Waals surface area contributed by atoms with E-state index in [-0.39, 0.29) is 85.2 Å². The van der Waals surface area contributed by atoms with Crippen molar-refractivity contribution in [2.75, 3.05) is 44.8 Å². The summed E-state index contributed by atoms with van der Waals surface area (Å²) in [5, 5.41) is 13.3. The first-order valence-corrected chi connectivity index (χ1v) is 18.1. The standard InChI is InChI=1S/C34H47N6O8P/c1-7-8-18-46-49(45,47-21-23(2)3)48-22-40-20-27(29-28(41)19-35-32(30(29)40)37-36-25(6)24(4)5)31(42)34(44)39-16-14-38(15-17-39)33(43)26-12-10-9-11-13-26/h9-13,19-20,23-24,41H,7-8,14-18,21-22H2,1-6H3,(H,35,37)/p+1/b36-25-. The van der Waals surface area contributed by atoms with E-state index in [4.69, 9.17) is 18.7 Å². The number of anilines is 1. The second-order valence-corrected chi connectivity index (χ2v) is 14.3. The number of piperazine rings is 1. The topological polar surface area (TPSA) is 168 Å². The van der Waals surface area contributed by atoms with E-state index in [0.717, 1.165) is 12.1 Å². The lowest BCUT2D eigenvalue weighted by Crippen LogP contribution is -2.52. The number of nitrogens with one attached hydrogen (secondary N) is 1. The summed E-state index contributed by atoms with van der Waals surface area (Å²) < 4.78 is 32.1. The maximum absolute atomic E-state index is 13.9. The fraction of sp³-hybridized carbons (Fsp3) is 0.500. The molecule has 0 bridgehead atoms. The van der Waals surface area contributed by atoms with E-state index < -0.39 is 26.2 Å². The number of hydrogen-bond donors (Lipinski definition) is 1. The molecular formula is C34H48N6O8P+. The molecule has 0 radical (unpaired) electrons. The third-order valence-electron chi connectivity index (χ3n) is 8.05. The molecule has 266 valence electrons. The number of Topliss-reactive ketones (excluding diaryl/α,β-unsaturated/α-hetero) is 1. The number of rotatable bonds is 16. The van der Waals surface area contributed by atoms with Gasteiger partial charge >= 0.3 is 7.82 Å². The lowest BCUT2D eigenvalue weighted by molar-refractivity contribution is -0.127. The van der Waals surface area contributed by atoms with Gasteiger partial charge in [0.05, 0.1) is 18.8 Å². The number of ketones is 1. The van der Waals surface area contributed by atoms with Crippen molar-refractivity contribution in [3.8, 4) is 5.75 Å². The van der Waals surface area contributed by atoms with Crippen LogP contribution in [0.3, 0.4) is 0 Å². The van der Waals surface area contributed by atoms with Gasteiger partial charge in [0.25, 0.3) is 23.3 Å². The number of carbonyl (C=O) groups excluding carboxylic acids is 3. The Bertz CT molecular complexity index is 1700. The summed E-state index contributed by atoms with van der Waals surface area (Å²) in [6.45, 7) is 12.4.